The predicted molar refractivity (Wildman–Crippen MR) is 137 cm³/mol. The molecule has 0 aromatic heterocycles. The Morgan fingerprint density at radius 2 is 1.77 bits per heavy atom. The molecule has 0 bridgehead atoms. The van der Waals surface area contributed by atoms with Gasteiger partial charge < -0.3 is 15.0 Å². The fourth-order valence-electron chi connectivity index (χ4n) is 4.46. The molecule has 1 fully saturated rings. The van der Waals surface area contributed by atoms with Gasteiger partial charge in [0.15, 0.2) is 0 Å². The standard InChI is InChI=1S/C26H35N3O5S/c1-4-24(26(31)27-21-12-8-9-13-21)28(18-20-11-10-16-23(17-20)34-2)25(30)19-29(35(3,32)33)22-14-6-5-7-15-22/h5-7,10-11,14-17,21,24H,4,8-9,12-13,18-19H2,1-3H3,(H,27,31)/t24-/m1/s1. The molecule has 190 valence electrons. The summed E-state index contributed by atoms with van der Waals surface area (Å²) in [6, 6.07) is 15.2. The molecule has 35 heavy (non-hydrogen) atoms. The van der Waals surface area contributed by atoms with Crippen LogP contribution in [-0.4, -0.2) is 57.1 Å². The molecule has 0 spiro atoms. The number of anilines is 1. The summed E-state index contributed by atoms with van der Waals surface area (Å²) in [6.45, 7) is 1.61. The number of nitrogens with zero attached hydrogens (tertiary/aromatic N) is 2. The molecule has 1 aliphatic carbocycles. The Bertz CT molecular complexity index is 1100. The highest BCUT2D eigenvalue weighted by Gasteiger charge is 2.33. The maximum atomic E-state index is 13.7. The van der Waals surface area contributed by atoms with Crippen LogP contribution >= 0.6 is 0 Å². The van der Waals surface area contributed by atoms with Crippen LogP contribution in [0.2, 0.25) is 0 Å². The van der Waals surface area contributed by atoms with Gasteiger partial charge in [0.1, 0.15) is 18.3 Å². The van der Waals surface area contributed by atoms with Gasteiger partial charge in [-0.1, -0.05) is 50.1 Å². The maximum Gasteiger partial charge on any atom is 0.244 e. The lowest BCUT2D eigenvalue weighted by atomic mass is 10.1. The van der Waals surface area contributed by atoms with Crippen molar-refractivity contribution in [2.24, 2.45) is 0 Å². The van der Waals surface area contributed by atoms with Gasteiger partial charge in [0.2, 0.25) is 21.8 Å². The second-order valence-electron chi connectivity index (χ2n) is 8.89. The molecule has 0 aliphatic heterocycles. The molecule has 1 saturated carbocycles. The van der Waals surface area contributed by atoms with E-state index in [1.165, 1.54) is 4.90 Å². The van der Waals surface area contributed by atoms with Crippen LogP contribution in [0.3, 0.4) is 0 Å². The molecule has 0 heterocycles. The van der Waals surface area contributed by atoms with E-state index < -0.39 is 28.5 Å². The number of benzene rings is 2. The number of ether oxygens (including phenoxy) is 1. The van der Waals surface area contributed by atoms with Gasteiger partial charge in [-0.2, -0.15) is 0 Å². The molecular formula is C26H35N3O5S. The van der Waals surface area contributed by atoms with Crippen molar-refractivity contribution in [2.75, 3.05) is 24.2 Å². The van der Waals surface area contributed by atoms with E-state index >= 15 is 0 Å². The third-order valence-electron chi connectivity index (χ3n) is 6.30. The minimum absolute atomic E-state index is 0.113. The second-order valence-corrected chi connectivity index (χ2v) is 10.8. The number of amides is 2. The number of methoxy groups -OCH3 is 1. The lowest BCUT2D eigenvalue weighted by Gasteiger charge is -2.33. The van der Waals surface area contributed by atoms with E-state index in [1.54, 1.807) is 43.5 Å². The van der Waals surface area contributed by atoms with Crippen molar-refractivity contribution in [3.63, 3.8) is 0 Å². The first-order chi connectivity index (χ1) is 16.7. The van der Waals surface area contributed by atoms with Crippen molar-refractivity contribution in [3.8, 4) is 5.75 Å². The Labute approximate surface area is 208 Å². The quantitative estimate of drug-likeness (QED) is 0.510. The van der Waals surface area contributed by atoms with E-state index in [4.69, 9.17) is 4.74 Å². The van der Waals surface area contributed by atoms with Crippen LogP contribution in [0, 0.1) is 0 Å². The van der Waals surface area contributed by atoms with Crippen LogP contribution in [0.1, 0.15) is 44.6 Å². The number of rotatable bonds is 11. The highest BCUT2D eigenvalue weighted by atomic mass is 32.2. The molecule has 0 radical (unpaired) electrons. The first kappa shape index (κ1) is 26.5. The van der Waals surface area contributed by atoms with Crippen LogP contribution in [0.15, 0.2) is 54.6 Å². The zero-order chi connectivity index (χ0) is 25.4. The number of hydrogen-bond acceptors (Lipinski definition) is 5. The highest BCUT2D eigenvalue weighted by molar-refractivity contribution is 7.92. The van der Waals surface area contributed by atoms with Gasteiger partial charge in [-0.15, -0.1) is 0 Å². The predicted octanol–water partition coefficient (Wildman–Crippen LogP) is 3.33. The summed E-state index contributed by atoms with van der Waals surface area (Å²) < 4.78 is 31.6. The Hall–Kier alpha value is -3.07. The molecule has 1 atom stereocenters. The number of para-hydroxylation sites is 1. The van der Waals surface area contributed by atoms with Crippen molar-refractivity contribution in [3.05, 3.63) is 60.2 Å². The van der Waals surface area contributed by atoms with Gasteiger partial charge in [-0.25, -0.2) is 8.42 Å². The Balaban J connectivity index is 1.91. The zero-order valence-corrected chi connectivity index (χ0v) is 21.5. The van der Waals surface area contributed by atoms with Crippen LogP contribution in [0.4, 0.5) is 5.69 Å². The number of nitrogens with one attached hydrogen (secondary N) is 1. The summed E-state index contributed by atoms with van der Waals surface area (Å²) in [4.78, 5) is 28.4. The fourth-order valence-corrected chi connectivity index (χ4v) is 5.31. The van der Waals surface area contributed by atoms with Crippen LogP contribution in [-0.2, 0) is 26.2 Å². The van der Waals surface area contributed by atoms with Crippen molar-refractivity contribution in [2.45, 2.75) is 57.7 Å². The molecule has 9 heteroatoms. The minimum atomic E-state index is -3.74. The zero-order valence-electron chi connectivity index (χ0n) is 20.6. The van der Waals surface area contributed by atoms with E-state index in [-0.39, 0.29) is 18.5 Å². The Morgan fingerprint density at radius 3 is 2.37 bits per heavy atom. The molecule has 0 unspecified atom stereocenters. The van der Waals surface area contributed by atoms with Crippen LogP contribution in [0.25, 0.3) is 0 Å². The van der Waals surface area contributed by atoms with Gasteiger partial charge in [0.05, 0.1) is 19.1 Å². The molecule has 8 nitrogen and oxygen atoms in total. The molecule has 2 aromatic rings. The summed E-state index contributed by atoms with van der Waals surface area (Å²) in [5.41, 5.74) is 1.18. The lowest BCUT2D eigenvalue weighted by Crippen LogP contribution is -2.53. The third-order valence-corrected chi connectivity index (χ3v) is 7.44. The number of carbonyl (C=O) groups excluding carboxylic acids is 2. The topological polar surface area (TPSA) is 96.0 Å². The number of sulfonamides is 1. The van der Waals surface area contributed by atoms with Crippen LogP contribution < -0.4 is 14.4 Å². The lowest BCUT2D eigenvalue weighted by molar-refractivity contribution is -0.140. The van der Waals surface area contributed by atoms with E-state index in [9.17, 15) is 18.0 Å². The SMILES string of the molecule is CC[C@H](C(=O)NC1CCCC1)N(Cc1cccc(OC)c1)C(=O)CN(c1ccccc1)S(C)(=O)=O. The Kier molecular flexibility index (Phi) is 9.14. The highest BCUT2D eigenvalue weighted by Crippen LogP contribution is 2.22. The van der Waals surface area contributed by atoms with E-state index in [1.807, 2.05) is 25.1 Å². The van der Waals surface area contributed by atoms with Crippen molar-refractivity contribution in [1.82, 2.24) is 10.2 Å². The van der Waals surface area contributed by atoms with E-state index in [0.29, 0.717) is 17.9 Å². The first-order valence-electron chi connectivity index (χ1n) is 12.0. The minimum Gasteiger partial charge on any atom is -0.497 e. The molecule has 1 N–H and O–H groups in total. The summed E-state index contributed by atoms with van der Waals surface area (Å²) >= 11 is 0. The van der Waals surface area contributed by atoms with Crippen molar-refractivity contribution < 1.29 is 22.7 Å². The van der Waals surface area contributed by atoms with Gasteiger partial charge >= 0.3 is 0 Å². The van der Waals surface area contributed by atoms with Gasteiger partial charge in [-0.05, 0) is 49.1 Å². The second kappa shape index (κ2) is 12.1. The van der Waals surface area contributed by atoms with E-state index in [2.05, 4.69) is 5.32 Å². The van der Waals surface area contributed by atoms with Gasteiger partial charge in [0, 0.05) is 12.6 Å². The number of hydrogen-bond donors (Lipinski definition) is 1. The summed E-state index contributed by atoms with van der Waals surface area (Å²) in [5.74, 6) is -0.0165. The molecule has 3 rings (SSSR count). The molecule has 2 amide bonds. The molecule has 0 saturated heterocycles. The smallest absolute Gasteiger partial charge is 0.244 e. The van der Waals surface area contributed by atoms with Crippen molar-refractivity contribution in [1.29, 1.82) is 0 Å². The summed E-state index contributed by atoms with van der Waals surface area (Å²) in [6.07, 6.45) is 5.50. The third kappa shape index (κ3) is 7.21. The summed E-state index contributed by atoms with van der Waals surface area (Å²) in [7, 11) is -2.17. The Morgan fingerprint density at radius 1 is 1.09 bits per heavy atom. The van der Waals surface area contributed by atoms with E-state index in [0.717, 1.165) is 41.8 Å². The molecule has 1 aliphatic rings. The average Bonchev–Trinajstić information content (AvgIpc) is 3.35. The molecular weight excluding hydrogens is 466 g/mol. The van der Waals surface area contributed by atoms with Gasteiger partial charge in [-0.3, -0.25) is 13.9 Å². The monoisotopic (exact) mass is 501 g/mol. The normalized spacial score (nSPS) is 14.8. The van der Waals surface area contributed by atoms with Gasteiger partial charge in [0.25, 0.3) is 0 Å². The maximum absolute atomic E-state index is 13.7. The molecule has 2 aromatic carbocycles. The first-order valence-corrected chi connectivity index (χ1v) is 13.8. The largest absolute Gasteiger partial charge is 0.497 e. The fraction of sp³-hybridized carbons (Fsp3) is 0.462. The van der Waals surface area contributed by atoms with Crippen molar-refractivity contribution >= 4 is 27.5 Å². The van der Waals surface area contributed by atoms with Crippen LogP contribution in [0.5, 0.6) is 5.75 Å². The average molecular weight is 502 g/mol. The summed E-state index contributed by atoms with van der Waals surface area (Å²) in [5, 5.41) is 3.10. The number of carbonyl (C=O) groups is 2.